The fourth-order valence-corrected chi connectivity index (χ4v) is 0.543. The maximum absolute atomic E-state index is 4.00. The average Bonchev–Trinajstić information content (AvgIpc) is 1.98. The maximum atomic E-state index is 4.00. The minimum absolute atomic E-state index is 0.559. The van der Waals surface area contributed by atoms with E-state index in [1.54, 1.807) is 6.21 Å². The second-order valence-electron chi connectivity index (χ2n) is 2.42. The smallest absolute Gasteiger partial charge is 0.0402 e. The van der Waals surface area contributed by atoms with Crippen LogP contribution in [0.1, 0.15) is 34.1 Å². The third-order valence-corrected chi connectivity index (χ3v) is 1.66. The number of hydrogen-bond donors (Lipinski definition) is 0. The van der Waals surface area contributed by atoms with Crippen LogP contribution in [0.4, 0.5) is 0 Å². The van der Waals surface area contributed by atoms with Crippen molar-refractivity contribution in [2.45, 2.75) is 34.1 Å². The van der Waals surface area contributed by atoms with Crippen LogP contribution < -0.4 is 0 Å². The highest BCUT2D eigenvalue weighted by atomic mass is 15.2. The summed E-state index contributed by atoms with van der Waals surface area (Å²) in [6.45, 7) is 8.19. The molecule has 1 atom stereocenters. The van der Waals surface area contributed by atoms with Crippen molar-refractivity contribution in [3.8, 4) is 0 Å². The molecule has 0 bridgehead atoms. The molecule has 2 nitrogen and oxygen atoms in total. The lowest BCUT2D eigenvalue weighted by molar-refractivity contribution is 0.732. The van der Waals surface area contributed by atoms with E-state index in [1.165, 1.54) is 0 Å². The Morgan fingerprint density at radius 1 is 1.60 bits per heavy atom. The third-order valence-electron chi connectivity index (χ3n) is 1.66. The van der Waals surface area contributed by atoms with Gasteiger partial charge in [-0.15, -0.1) is 0 Å². The fourth-order valence-electron chi connectivity index (χ4n) is 0.543. The van der Waals surface area contributed by atoms with Crippen molar-refractivity contribution in [3.05, 3.63) is 0 Å². The molecule has 0 amide bonds. The molecule has 0 spiro atoms. The Bertz CT molecular complexity index is 136. The van der Waals surface area contributed by atoms with Gasteiger partial charge >= 0.3 is 0 Å². The lowest BCUT2D eigenvalue weighted by Gasteiger charge is -2.04. The van der Waals surface area contributed by atoms with Crippen molar-refractivity contribution in [2.24, 2.45) is 16.1 Å². The van der Waals surface area contributed by atoms with Gasteiger partial charge in [0.2, 0.25) is 0 Å². The van der Waals surface area contributed by atoms with E-state index in [2.05, 4.69) is 24.1 Å². The summed E-state index contributed by atoms with van der Waals surface area (Å²) in [4.78, 5) is 0. The monoisotopic (exact) mass is 140 g/mol. The average molecular weight is 140 g/mol. The third kappa shape index (κ3) is 3.38. The molecule has 0 fully saturated rings. The summed E-state index contributed by atoms with van der Waals surface area (Å²) in [5.74, 6) is 0.559. The van der Waals surface area contributed by atoms with Gasteiger partial charge in [0.05, 0.1) is 0 Å². The van der Waals surface area contributed by atoms with Crippen molar-refractivity contribution in [1.82, 2.24) is 0 Å². The van der Waals surface area contributed by atoms with E-state index in [1.807, 2.05) is 13.8 Å². The molecule has 0 aliphatic heterocycles. The summed E-state index contributed by atoms with van der Waals surface area (Å²) in [5, 5.41) is 7.80. The van der Waals surface area contributed by atoms with E-state index in [0.29, 0.717) is 5.92 Å². The molecular weight excluding hydrogens is 124 g/mol. The molecule has 10 heavy (non-hydrogen) atoms. The van der Waals surface area contributed by atoms with Crippen molar-refractivity contribution in [2.75, 3.05) is 0 Å². The first-order chi connectivity index (χ1) is 4.72. The molecule has 0 radical (unpaired) electrons. The Balaban J connectivity index is 3.91. The van der Waals surface area contributed by atoms with Crippen molar-refractivity contribution < 1.29 is 0 Å². The van der Waals surface area contributed by atoms with Crippen LogP contribution in [0.2, 0.25) is 0 Å². The Morgan fingerprint density at radius 3 is 2.60 bits per heavy atom. The van der Waals surface area contributed by atoms with Crippen LogP contribution >= 0.6 is 0 Å². The van der Waals surface area contributed by atoms with E-state index in [4.69, 9.17) is 0 Å². The molecule has 1 unspecified atom stereocenters. The van der Waals surface area contributed by atoms with E-state index in [-0.39, 0.29) is 0 Å². The molecule has 0 aromatic heterocycles. The Hall–Kier alpha value is -0.660. The summed E-state index contributed by atoms with van der Waals surface area (Å²) >= 11 is 0. The van der Waals surface area contributed by atoms with Gasteiger partial charge < -0.3 is 0 Å². The summed E-state index contributed by atoms with van der Waals surface area (Å²) in [5.41, 5.74) is 1.11. The molecule has 0 rings (SSSR count). The summed E-state index contributed by atoms with van der Waals surface area (Å²) in [6.07, 6.45) is 2.83. The van der Waals surface area contributed by atoms with Gasteiger partial charge in [-0.3, -0.25) is 0 Å². The minimum Gasteiger partial charge on any atom is -0.164 e. The highest BCUT2D eigenvalue weighted by Crippen LogP contribution is 2.02. The first-order valence-corrected chi connectivity index (χ1v) is 3.74. The van der Waals surface area contributed by atoms with Gasteiger partial charge in [-0.05, 0) is 26.2 Å². The summed E-state index contributed by atoms with van der Waals surface area (Å²) in [6, 6.07) is 0. The second-order valence-corrected chi connectivity index (χ2v) is 2.42. The quantitative estimate of drug-likeness (QED) is 0.425. The van der Waals surface area contributed by atoms with Crippen molar-refractivity contribution >= 4 is 11.9 Å². The maximum Gasteiger partial charge on any atom is 0.0402 e. The summed E-state index contributed by atoms with van der Waals surface area (Å²) < 4.78 is 0. The normalized spacial score (nSPS) is 16.2. The largest absolute Gasteiger partial charge is 0.164 e. The van der Waals surface area contributed by atoms with Gasteiger partial charge in [-0.25, -0.2) is 0 Å². The molecule has 2 heteroatoms. The SMILES string of the molecule is C/C=N/N=C(\C)C(C)CC. The zero-order chi connectivity index (χ0) is 7.98. The molecule has 0 aromatic rings. The number of hydrogen-bond acceptors (Lipinski definition) is 2. The predicted molar refractivity (Wildman–Crippen MR) is 46.7 cm³/mol. The second kappa shape index (κ2) is 5.15. The molecule has 58 valence electrons. The molecule has 0 heterocycles. The lowest BCUT2D eigenvalue weighted by Crippen LogP contribution is -2.04. The predicted octanol–water partition coefficient (Wildman–Crippen LogP) is 2.50. The molecule has 0 aliphatic rings. The molecule has 0 saturated heterocycles. The van der Waals surface area contributed by atoms with Crippen LogP contribution in [0, 0.1) is 5.92 Å². The number of nitrogens with zero attached hydrogens (tertiary/aromatic N) is 2. The van der Waals surface area contributed by atoms with Crippen LogP contribution in [0.15, 0.2) is 10.2 Å². The standard InChI is InChI=1S/C8H16N2/c1-5-7(3)8(4)10-9-6-2/h6-7H,5H2,1-4H3/b9-6+,10-8+. The van der Waals surface area contributed by atoms with Gasteiger partial charge in [0.1, 0.15) is 0 Å². The number of rotatable bonds is 3. The molecule has 0 aliphatic carbocycles. The Labute approximate surface area is 63.1 Å². The first-order valence-electron chi connectivity index (χ1n) is 3.74. The Kier molecular flexibility index (Phi) is 4.81. The van der Waals surface area contributed by atoms with Gasteiger partial charge in [-0.1, -0.05) is 13.8 Å². The van der Waals surface area contributed by atoms with E-state index in [0.717, 1.165) is 12.1 Å². The van der Waals surface area contributed by atoms with Crippen LogP contribution in [-0.4, -0.2) is 11.9 Å². The van der Waals surface area contributed by atoms with E-state index >= 15 is 0 Å². The fraction of sp³-hybridized carbons (Fsp3) is 0.750. The van der Waals surface area contributed by atoms with Crippen molar-refractivity contribution in [3.63, 3.8) is 0 Å². The van der Waals surface area contributed by atoms with Gasteiger partial charge in [-0.2, -0.15) is 10.2 Å². The first kappa shape index (κ1) is 9.34. The van der Waals surface area contributed by atoms with Gasteiger partial charge in [0, 0.05) is 11.9 Å². The zero-order valence-corrected chi connectivity index (χ0v) is 7.26. The topological polar surface area (TPSA) is 24.7 Å². The molecular formula is C8H16N2. The van der Waals surface area contributed by atoms with Crippen LogP contribution in [0.25, 0.3) is 0 Å². The Morgan fingerprint density at radius 2 is 2.20 bits per heavy atom. The van der Waals surface area contributed by atoms with Crippen LogP contribution in [0.3, 0.4) is 0 Å². The highest BCUT2D eigenvalue weighted by molar-refractivity contribution is 5.84. The highest BCUT2D eigenvalue weighted by Gasteiger charge is 2.00. The van der Waals surface area contributed by atoms with Crippen LogP contribution in [0.5, 0.6) is 0 Å². The van der Waals surface area contributed by atoms with E-state index in [9.17, 15) is 0 Å². The minimum atomic E-state index is 0.559. The lowest BCUT2D eigenvalue weighted by atomic mass is 10.1. The van der Waals surface area contributed by atoms with E-state index < -0.39 is 0 Å². The van der Waals surface area contributed by atoms with Crippen LogP contribution in [-0.2, 0) is 0 Å². The van der Waals surface area contributed by atoms with Gasteiger partial charge in [0.25, 0.3) is 0 Å². The summed E-state index contributed by atoms with van der Waals surface area (Å²) in [7, 11) is 0. The van der Waals surface area contributed by atoms with Crippen molar-refractivity contribution in [1.29, 1.82) is 0 Å². The molecule has 0 N–H and O–H groups in total. The van der Waals surface area contributed by atoms with Gasteiger partial charge in [0.15, 0.2) is 0 Å². The zero-order valence-electron chi connectivity index (χ0n) is 7.26. The molecule has 0 saturated carbocycles. The molecule has 0 aromatic carbocycles.